The number of benzene rings is 1. The van der Waals surface area contributed by atoms with E-state index in [1.165, 1.54) is 37.8 Å². The largest absolute Gasteiger partial charge is 0.371 e. The van der Waals surface area contributed by atoms with Gasteiger partial charge in [0, 0.05) is 45.0 Å². The molecule has 162 valence electrons. The number of anilines is 1. The van der Waals surface area contributed by atoms with Crippen LogP contribution in [0.3, 0.4) is 0 Å². The molecule has 0 bridgehead atoms. The summed E-state index contributed by atoms with van der Waals surface area (Å²) in [6.07, 6.45) is 8.40. The zero-order valence-electron chi connectivity index (χ0n) is 17.8. The molecule has 0 radical (unpaired) electrons. The minimum atomic E-state index is 0. The van der Waals surface area contributed by atoms with Gasteiger partial charge in [-0.2, -0.15) is 0 Å². The summed E-state index contributed by atoms with van der Waals surface area (Å²) < 4.78 is 0. The van der Waals surface area contributed by atoms with Gasteiger partial charge in [0.1, 0.15) is 6.54 Å². The van der Waals surface area contributed by atoms with Crippen molar-refractivity contribution in [1.82, 2.24) is 15.5 Å². The Hall–Kier alpha value is -1.51. The number of rotatable bonds is 5. The highest BCUT2D eigenvalue weighted by Gasteiger charge is 2.22. The molecule has 1 aromatic carbocycles. The van der Waals surface area contributed by atoms with Gasteiger partial charge in [-0.3, -0.25) is 4.79 Å². The molecule has 3 rings (SSSR count). The maximum absolute atomic E-state index is 12.0. The number of carbonyl (C=O) groups is 1. The predicted molar refractivity (Wildman–Crippen MR) is 131 cm³/mol. The number of aliphatic imine (C=N–C) groups is 1. The third-order valence-electron chi connectivity index (χ3n) is 5.77. The summed E-state index contributed by atoms with van der Waals surface area (Å²) in [5, 5.41) is 7.21. The van der Waals surface area contributed by atoms with Crippen molar-refractivity contribution in [1.29, 1.82) is 0 Å². The van der Waals surface area contributed by atoms with E-state index in [0.29, 0.717) is 12.1 Å². The lowest BCUT2D eigenvalue weighted by atomic mass is 9.95. The number of nitrogens with zero attached hydrogens (tertiary/aromatic N) is 3. The lowest BCUT2D eigenvalue weighted by Crippen LogP contribution is -2.51. The fraction of sp³-hybridized carbons (Fsp3) is 0.636. The van der Waals surface area contributed by atoms with E-state index < -0.39 is 0 Å². The van der Waals surface area contributed by atoms with Gasteiger partial charge >= 0.3 is 0 Å². The predicted octanol–water partition coefficient (Wildman–Crippen LogP) is 3.23. The van der Waals surface area contributed by atoms with Crippen molar-refractivity contribution >= 4 is 41.5 Å². The third-order valence-corrected chi connectivity index (χ3v) is 5.77. The molecule has 0 atom stereocenters. The van der Waals surface area contributed by atoms with Gasteiger partial charge in [-0.25, -0.2) is 4.99 Å². The molecular weight excluding hydrogens is 477 g/mol. The van der Waals surface area contributed by atoms with Crippen molar-refractivity contribution < 1.29 is 4.79 Å². The van der Waals surface area contributed by atoms with Crippen LogP contribution in [0.4, 0.5) is 5.69 Å². The molecule has 6 nitrogen and oxygen atoms in total. The smallest absolute Gasteiger partial charge is 0.243 e. The summed E-state index contributed by atoms with van der Waals surface area (Å²) in [6.45, 7) is 2.27. The van der Waals surface area contributed by atoms with E-state index in [0.717, 1.165) is 31.9 Å². The van der Waals surface area contributed by atoms with E-state index in [2.05, 4.69) is 50.9 Å². The zero-order valence-corrected chi connectivity index (χ0v) is 20.1. The second-order valence-electron chi connectivity index (χ2n) is 8.17. The van der Waals surface area contributed by atoms with Crippen LogP contribution in [0.1, 0.15) is 44.9 Å². The van der Waals surface area contributed by atoms with E-state index in [1.54, 1.807) is 19.0 Å². The molecule has 2 aliphatic rings. The van der Waals surface area contributed by atoms with Crippen molar-refractivity contribution in [3.8, 4) is 0 Å². The first-order valence-corrected chi connectivity index (χ1v) is 10.7. The molecule has 1 heterocycles. The molecule has 1 aliphatic carbocycles. The van der Waals surface area contributed by atoms with Gasteiger partial charge in [-0.1, -0.05) is 37.5 Å². The van der Waals surface area contributed by atoms with Crippen LogP contribution >= 0.6 is 24.0 Å². The highest BCUT2D eigenvalue weighted by molar-refractivity contribution is 14.0. The van der Waals surface area contributed by atoms with Crippen LogP contribution in [0, 0.1) is 0 Å². The number of hydrogen-bond acceptors (Lipinski definition) is 3. The molecule has 1 aliphatic heterocycles. The quantitative estimate of drug-likeness (QED) is 0.361. The van der Waals surface area contributed by atoms with E-state index in [4.69, 9.17) is 0 Å². The van der Waals surface area contributed by atoms with Crippen LogP contribution in [-0.2, 0) is 4.79 Å². The maximum atomic E-state index is 12.0. The molecule has 1 aromatic rings. The summed E-state index contributed by atoms with van der Waals surface area (Å²) in [4.78, 5) is 20.6. The standard InChI is InChI=1S/C22H35N5O.HI/c1-26(2)21(28)17-23-22(24-18-9-5-3-6-10-18)25-19-13-15-27(16-14-19)20-11-7-4-8-12-20;/h4,7-8,11-12,18-19H,3,5-6,9-10,13-17H2,1-2H3,(H2,23,24,25);1H. The minimum Gasteiger partial charge on any atom is -0.371 e. The summed E-state index contributed by atoms with van der Waals surface area (Å²) >= 11 is 0. The number of guanidine groups is 1. The van der Waals surface area contributed by atoms with Gasteiger partial charge < -0.3 is 20.4 Å². The minimum absolute atomic E-state index is 0. The Morgan fingerprint density at radius 2 is 1.59 bits per heavy atom. The number of nitrogens with one attached hydrogen (secondary N) is 2. The molecule has 1 saturated carbocycles. The Morgan fingerprint density at radius 1 is 1.00 bits per heavy atom. The summed E-state index contributed by atoms with van der Waals surface area (Å²) in [5.41, 5.74) is 1.30. The Bertz CT molecular complexity index is 638. The van der Waals surface area contributed by atoms with Crippen molar-refractivity contribution in [2.75, 3.05) is 38.6 Å². The number of para-hydroxylation sites is 1. The normalized spacial score (nSPS) is 18.7. The second-order valence-corrected chi connectivity index (χ2v) is 8.17. The van der Waals surface area contributed by atoms with E-state index >= 15 is 0 Å². The van der Waals surface area contributed by atoms with Crippen LogP contribution in [0.5, 0.6) is 0 Å². The van der Waals surface area contributed by atoms with Gasteiger partial charge in [-0.05, 0) is 37.8 Å². The highest BCUT2D eigenvalue weighted by Crippen LogP contribution is 2.20. The first kappa shape index (κ1) is 23.8. The Balaban J connectivity index is 0.00000300. The second kappa shape index (κ2) is 12.2. The summed E-state index contributed by atoms with van der Waals surface area (Å²) in [7, 11) is 3.55. The number of piperidine rings is 1. The molecule has 0 spiro atoms. The lowest BCUT2D eigenvalue weighted by molar-refractivity contribution is -0.127. The molecule has 1 saturated heterocycles. The monoisotopic (exact) mass is 513 g/mol. The summed E-state index contributed by atoms with van der Waals surface area (Å²) in [5.74, 6) is 0.837. The van der Waals surface area contributed by atoms with Crippen LogP contribution in [0.15, 0.2) is 35.3 Å². The average Bonchev–Trinajstić information content (AvgIpc) is 2.73. The van der Waals surface area contributed by atoms with Crippen molar-refractivity contribution in [2.24, 2.45) is 4.99 Å². The zero-order chi connectivity index (χ0) is 19.8. The lowest BCUT2D eigenvalue weighted by Gasteiger charge is -2.35. The Morgan fingerprint density at radius 3 is 2.17 bits per heavy atom. The number of carbonyl (C=O) groups excluding carboxylic acids is 1. The maximum Gasteiger partial charge on any atom is 0.243 e. The van der Waals surface area contributed by atoms with Crippen molar-refractivity contribution in [3.63, 3.8) is 0 Å². The fourth-order valence-corrected chi connectivity index (χ4v) is 3.98. The highest BCUT2D eigenvalue weighted by atomic mass is 127. The number of hydrogen-bond donors (Lipinski definition) is 2. The van der Waals surface area contributed by atoms with Crippen molar-refractivity contribution in [2.45, 2.75) is 57.0 Å². The fourth-order valence-electron chi connectivity index (χ4n) is 3.98. The van der Waals surface area contributed by atoms with Crippen LogP contribution in [-0.4, -0.2) is 62.6 Å². The summed E-state index contributed by atoms with van der Waals surface area (Å²) in [6, 6.07) is 11.5. The molecule has 2 fully saturated rings. The van der Waals surface area contributed by atoms with Gasteiger partial charge in [0.25, 0.3) is 0 Å². The SMILES string of the molecule is CN(C)C(=O)CN=C(NC1CCCCC1)NC1CCN(c2ccccc2)CC1.I. The molecule has 0 unspecified atom stereocenters. The van der Waals surface area contributed by atoms with Gasteiger partial charge in [0.05, 0.1) is 0 Å². The third kappa shape index (κ3) is 7.68. The van der Waals surface area contributed by atoms with Gasteiger partial charge in [0.15, 0.2) is 5.96 Å². The number of halogens is 1. The van der Waals surface area contributed by atoms with Crippen LogP contribution in [0.25, 0.3) is 0 Å². The first-order valence-electron chi connectivity index (χ1n) is 10.7. The number of likely N-dealkylation sites (N-methyl/N-ethyl adjacent to an activating group) is 1. The molecule has 7 heteroatoms. The molecule has 29 heavy (non-hydrogen) atoms. The van der Waals surface area contributed by atoms with E-state index in [1.807, 2.05) is 0 Å². The molecule has 1 amide bonds. The van der Waals surface area contributed by atoms with Gasteiger partial charge in [0.2, 0.25) is 5.91 Å². The van der Waals surface area contributed by atoms with Crippen LogP contribution in [0.2, 0.25) is 0 Å². The van der Waals surface area contributed by atoms with Crippen LogP contribution < -0.4 is 15.5 Å². The van der Waals surface area contributed by atoms with Crippen molar-refractivity contribution in [3.05, 3.63) is 30.3 Å². The van der Waals surface area contributed by atoms with E-state index in [-0.39, 0.29) is 36.4 Å². The molecule has 2 N–H and O–H groups in total. The average molecular weight is 513 g/mol. The van der Waals surface area contributed by atoms with Gasteiger partial charge in [-0.15, -0.1) is 24.0 Å². The first-order chi connectivity index (χ1) is 13.6. The Kier molecular flexibility index (Phi) is 10.0. The topological polar surface area (TPSA) is 60.0 Å². The number of amides is 1. The molecule has 0 aromatic heterocycles. The Labute approximate surface area is 192 Å². The molecular formula is C22H36IN5O. The van der Waals surface area contributed by atoms with E-state index in [9.17, 15) is 4.79 Å².